The summed E-state index contributed by atoms with van der Waals surface area (Å²) in [6.45, 7) is 3.95. The topological polar surface area (TPSA) is 87.0 Å². The standard InChI is InChI=1S/C15H17N5O3/c21-15-5-4-13(20(22)23)11-19(15)12-17-7-9-18(10-8-17)14-3-1-2-6-16-14/h1-6,11H,7-10,12H2/p+2. The van der Waals surface area contributed by atoms with Crippen molar-refractivity contribution < 1.29 is 14.8 Å². The van der Waals surface area contributed by atoms with Crippen molar-refractivity contribution in [2.45, 2.75) is 6.67 Å². The Balaban J connectivity index is 1.64. The SMILES string of the molecule is O=c1ccc([N+](=O)[O-])cn1C[NH+]1CCN(c2cccc[nH+]2)CC1. The summed E-state index contributed by atoms with van der Waals surface area (Å²) in [4.78, 5) is 28.9. The third-order valence-electron chi connectivity index (χ3n) is 4.08. The number of pyridine rings is 2. The molecule has 1 fully saturated rings. The second-order valence-electron chi connectivity index (χ2n) is 5.60. The van der Waals surface area contributed by atoms with Gasteiger partial charge in [0.25, 0.3) is 17.1 Å². The summed E-state index contributed by atoms with van der Waals surface area (Å²) >= 11 is 0. The van der Waals surface area contributed by atoms with Gasteiger partial charge in [0, 0.05) is 18.2 Å². The smallest absolute Gasteiger partial charge is 0.285 e. The zero-order valence-corrected chi connectivity index (χ0v) is 12.6. The highest BCUT2D eigenvalue weighted by Gasteiger charge is 2.26. The Morgan fingerprint density at radius 2 is 2.00 bits per heavy atom. The van der Waals surface area contributed by atoms with Gasteiger partial charge in [-0.15, -0.1) is 0 Å². The average Bonchev–Trinajstić information content (AvgIpc) is 2.58. The second-order valence-corrected chi connectivity index (χ2v) is 5.60. The zero-order chi connectivity index (χ0) is 16.2. The number of nitrogens with one attached hydrogen (secondary N) is 2. The highest BCUT2D eigenvalue weighted by Crippen LogP contribution is 2.06. The van der Waals surface area contributed by atoms with Gasteiger partial charge in [0.1, 0.15) is 26.2 Å². The number of hydrogen-bond donors (Lipinski definition) is 1. The Kier molecular flexibility index (Phi) is 4.33. The molecule has 2 N–H and O–H groups in total. The van der Waals surface area contributed by atoms with Crippen LogP contribution in [0.5, 0.6) is 0 Å². The van der Waals surface area contributed by atoms with Crippen LogP contribution in [0.3, 0.4) is 0 Å². The minimum absolute atomic E-state index is 0.0541. The minimum Gasteiger partial charge on any atom is -0.311 e. The summed E-state index contributed by atoms with van der Waals surface area (Å²) < 4.78 is 1.43. The van der Waals surface area contributed by atoms with Gasteiger partial charge in [0.15, 0.2) is 6.67 Å². The number of piperazine rings is 1. The number of quaternary nitrogens is 1. The Labute approximate surface area is 132 Å². The van der Waals surface area contributed by atoms with Gasteiger partial charge >= 0.3 is 0 Å². The molecule has 0 aliphatic carbocycles. The first-order valence-electron chi connectivity index (χ1n) is 7.53. The van der Waals surface area contributed by atoms with Crippen molar-refractivity contribution in [1.29, 1.82) is 0 Å². The Hall–Kier alpha value is -2.74. The van der Waals surface area contributed by atoms with Gasteiger partial charge in [-0.2, -0.15) is 0 Å². The molecule has 23 heavy (non-hydrogen) atoms. The van der Waals surface area contributed by atoms with E-state index in [-0.39, 0.29) is 11.2 Å². The van der Waals surface area contributed by atoms with E-state index in [9.17, 15) is 14.9 Å². The molecular weight excluding hydrogens is 298 g/mol. The van der Waals surface area contributed by atoms with E-state index in [1.54, 1.807) is 0 Å². The van der Waals surface area contributed by atoms with Crippen LogP contribution < -0.4 is 20.3 Å². The van der Waals surface area contributed by atoms with Crippen LogP contribution in [0.2, 0.25) is 0 Å². The zero-order valence-electron chi connectivity index (χ0n) is 12.6. The summed E-state index contributed by atoms with van der Waals surface area (Å²) in [6, 6.07) is 8.48. The summed E-state index contributed by atoms with van der Waals surface area (Å²) in [7, 11) is 0. The number of anilines is 1. The van der Waals surface area contributed by atoms with Crippen LogP contribution >= 0.6 is 0 Å². The number of nitrogens with zero attached hydrogens (tertiary/aromatic N) is 3. The van der Waals surface area contributed by atoms with E-state index in [2.05, 4.69) is 9.88 Å². The lowest BCUT2D eigenvalue weighted by Gasteiger charge is -2.28. The molecule has 0 unspecified atom stereocenters. The summed E-state index contributed by atoms with van der Waals surface area (Å²) in [6.07, 6.45) is 3.23. The molecule has 2 aromatic rings. The van der Waals surface area contributed by atoms with Crippen LogP contribution in [0.25, 0.3) is 0 Å². The molecule has 0 atom stereocenters. The van der Waals surface area contributed by atoms with Crippen molar-refractivity contribution in [3.63, 3.8) is 0 Å². The Morgan fingerprint density at radius 3 is 2.65 bits per heavy atom. The minimum atomic E-state index is -0.478. The highest BCUT2D eigenvalue weighted by molar-refractivity contribution is 5.31. The predicted octanol–water partition coefficient (Wildman–Crippen LogP) is -1.07. The van der Waals surface area contributed by atoms with Crippen LogP contribution in [0.1, 0.15) is 0 Å². The number of hydrogen-bond acceptors (Lipinski definition) is 4. The molecule has 0 saturated carbocycles. The van der Waals surface area contributed by atoms with E-state index in [0.717, 1.165) is 32.0 Å². The normalized spacial score (nSPS) is 15.6. The van der Waals surface area contributed by atoms with Gasteiger partial charge in [0.2, 0.25) is 0 Å². The van der Waals surface area contributed by atoms with Crippen LogP contribution in [0.15, 0.2) is 47.5 Å². The Bertz CT molecular complexity index is 738. The van der Waals surface area contributed by atoms with E-state index in [0.29, 0.717) is 6.67 Å². The summed E-state index contributed by atoms with van der Waals surface area (Å²) in [5.74, 6) is 1.08. The van der Waals surface area contributed by atoms with Crippen molar-refractivity contribution in [3.05, 3.63) is 63.2 Å². The fourth-order valence-electron chi connectivity index (χ4n) is 2.79. The molecule has 2 aromatic heterocycles. The summed E-state index contributed by atoms with van der Waals surface area (Å²) in [5.41, 5.74) is -0.261. The number of aromatic nitrogens is 2. The van der Waals surface area contributed by atoms with Gasteiger partial charge in [-0.1, -0.05) is 6.07 Å². The van der Waals surface area contributed by atoms with Crippen molar-refractivity contribution in [1.82, 2.24) is 4.57 Å². The lowest BCUT2D eigenvalue weighted by atomic mass is 10.3. The maximum absolute atomic E-state index is 11.9. The van der Waals surface area contributed by atoms with Crippen LogP contribution in [-0.4, -0.2) is 35.7 Å². The molecule has 3 heterocycles. The number of rotatable bonds is 4. The van der Waals surface area contributed by atoms with Crippen LogP contribution in [0, 0.1) is 10.1 Å². The number of aromatic amines is 1. The third-order valence-corrected chi connectivity index (χ3v) is 4.08. The molecular formula is C15H19N5O3+2. The van der Waals surface area contributed by atoms with E-state index in [1.807, 2.05) is 24.4 Å². The molecule has 0 spiro atoms. The molecule has 120 valence electrons. The molecule has 1 aliphatic rings. The fourth-order valence-corrected chi connectivity index (χ4v) is 2.79. The molecule has 0 amide bonds. The molecule has 0 bridgehead atoms. The van der Waals surface area contributed by atoms with Crippen molar-refractivity contribution in [2.75, 3.05) is 31.1 Å². The average molecular weight is 317 g/mol. The lowest BCUT2D eigenvalue weighted by molar-refractivity contribution is -0.923. The first-order chi connectivity index (χ1) is 11.1. The quantitative estimate of drug-likeness (QED) is 0.575. The lowest BCUT2D eigenvalue weighted by Crippen LogP contribution is -3.14. The molecule has 8 heteroatoms. The first kappa shape index (κ1) is 15.2. The third kappa shape index (κ3) is 3.54. The van der Waals surface area contributed by atoms with Gasteiger partial charge < -0.3 is 4.90 Å². The molecule has 8 nitrogen and oxygen atoms in total. The van der Waals surface area contributed by atoms with Gasteiger partial charge in [-0.3, -0.25) is 24.4 Å². The van der Waals surface area contributed by atoms with Gasteiger partial charge in [-0.25, -0.2) is 4.98 Å². The molecule has 1 saturated heterocycles. The van der Waals surface area contributed by atoms with Crippen molar-refractivity contribution in [3.8, 4) is 0 Å². The predicted molar refractivity (Wildman–Crippen MR) is 83.3 cm³/mol. The molecule has 1 aliphatic heterocycles. The monoisotopic (exact) mass is 317 g/mol. The highest BCUT2D eigenvalue weighted by atomic mass is 16.6. The molecule has 0 aromatic carbocycles. The number of nitro groups is 1. The largest absolute Gasteiger partial charge is 0.311 e. The van der Waals surface area contributed by atoms with E-state index >= 15 is 0 Å². The molecule has 3 rings (SSSR count). The van der Waals surface area contributed by atoms with Crippen molar-refractivity contribution in [2.24, 2.45) is 0 Å². The maximum Gasteiger partial charge on any atom is 0.285 e. The second kappa shape index (κ2) is 6.57. The molecule has 0 radical (unpaired) electrons. The van der Waals surface area contributed by atoms with Crippen LogP contribution in [0.4, 0.5) is 11.5 Å². The first-order valence-corrected chi connectivity index (χ1v) is 7.53. The number of H-pyrrole nitrogens is 1. The maximum atomic E-state index is 11.9. The van der Waals surface area contributed by atoms with Gasteiger partial charge in [-0.05, 0) is 6.07 Å². The van der Waals surface area contributed by atoms with E-state index in [1.165, 1.54) is 27.8 Å². The Morgan fingerprint density at radius 1 is 1.22 bits per heavy atom. The van der Waals surface area contributed by atoms with Crippen molar-refractivity contribution >= 4 is 11.5 Å². The van der Waals surface area contributed by atoms with Gasteiger partial charge in [0.05, 0.1) is 17.3 Å². The van der Waals surface area contributed by atoms with E-state index < -0.39 is 4.92 Å². The summed E-state index contributed by atoms with van der Waals surface area (Å²) in [5, 5.41) is 10.8. The fraction of sp³-hybridized carbons (Fsp3) is 0.333. The van der Waals surface area contributed by atoms with Crippen LogP contribution in [-0.2, 0) is 6.67 Å². The van der Waals surface area contributed by atoms with E-state index in [4.69, 9.17) is 0 Å².